The van der Waals surface area contributed by atoms with Crippen LogP contribution in [0.5, 0.6) is 5.88 Å². The van der Waals surface area contributed by atoms with Crippen molar-refractivity contribution in [1.82, 2.24) is 4.57 Å². The van der Waals surface area contributed by atoms with Crippen molar-refractivity contribution in [2.24, 2.45) is 0 Å². The lowest BCUT2D eigenvalue weighted by atomic mass is 10.1. The van der Waals surface area contributed by atoms with Crippen LogP contribution in [0.2, 0.25) is 0 Å². The number of aromatic nitrogens is 1. The molecule has 1 heterocycles. The van der Waals surface area contributed by atoms with Crippen molar-refractivity contribution in [1.29, 1.82) is 5.26 Å². The molecule has 0 fully saturated rings. The molecule has 4 nitrogen and oxygen atoms in total. The van der Waals surface area contributed by atoms with Gasteiger partial charge in [-0.05, 0) is 33.3 Å². The van der Waals surface area contributed by atoms with Gasteiger partial charge < -0.3 is 10.5 Å². The standard InChI is InChI=1S/C17H21N3O/c1-12-5-7-13(8-6-12)11-20-14(10-18)9-15(19)16(20)21-17(2,3)4/h5-9H,11,19H2,1-4H3. The van der Waals surface area contributed by atoms with E-state index in [9.17, 15) is 5.26 Å². The maximum atomic E-state index is 9.29. The van der Waals surface area contributed by atoms with Crippen LogP contribution in [0.4, 0.5) is 5.69 Å². The molecule has 0 amide bonds. The zero-order valence-corrected chi connectivity index (χ0v) is 13.0. The molecule has 1 aromatic heterocycles. The molecule has 0 radical (unpaired) electrons. The quantitative estimate of drug-likeness (QED) is 0.938. The maximum absolute atomic E-state index is 9.29. The summed E-state index contributed by atoms with van der Waals surface area (Å²) in [5.74, 6) is 0.555. The fourth-order valence-electron chi connectivity index (χ4n) is 2.08. The van der Waals surface area contributed by atoms with Crippen LogP contribution in [0.15, 0.2) is 30.3 Å². The minimum atomic E-state index is -0.371. The number of rotatable bonds is 3. The van der Waals surface area contributed by atoms with E-state index in [4.69, 9.17) is 10.5 Å². The van der Waals surface area contributed by atoms with Crippen LogP contribution in [-0.4, -0.2) is 10.2 Å². The molecule has 0 atom stereocenters. The van der Waals surface area contributed by atoms with Gasteiger partial charge in [0.05, 0.1) is 12.2 Å². The highest BCUT2D eigenvalue weighted by Gasteiger charge is 2.20. The lowest BCUT2D eigenvalue weighted by Gasteiger charge is -2.23. The van der Waals surface area contributed by atoms with Gasteiger partial charge >= 0.3 is 0 Å². The second kappa shape index (κ2) is 5.53. The fourth-order valence-corrected chi connectivity index (χ4v) is 2.08. The molecule has 0 saturated carbocycles. The molecule has 110 valence electrons. The molecule has 0 bridgehead atoms. The van der Waals surface area contributed by atoms with Crippen molar-refractivity contribution in [2.45, 2.75) is 39.8 Å². The summed E-state index contributed by atoms with van der Waals surface area (Å²) in [6.45, 7) is 8.49. The Labute approximate surface area is 125 Å². The number of hydrogen-bond donors (Lipinski definition) is 1. The van der Waals surface area contributed by atoms with Gasteiger partial charge in [-0.3, -0.25) is 4.57 Å². The molecule has 2 N–H and O–H groups in total. The van der Waals surface area contributed by atoms with E-state index in [1.54, 1.807) is 6.07 Å². The largest absolute Gasteiger partial charge is 0.472 e. The monoisotopic (exact) mass is 283 g/mol. The van der Waals surface area contributed by atoms with Crippen molar-refractivity contribution in [3.05, 3.63) is 47.2 Å². The topological polar surface area (TPSA) is 64.0 Å². The van der Waals surface area contributed by atoms with E-state index in [1.807, 2.05) is 44.4 Å². The van der Waals surface area contributed by atoms with E-state index >= 15 is 0 Å². The first-order valence-corrected chi connectivity index (χ1v) is 6.94. The van der Waals surface area contributed by atoms with E-state index < -0.39 is 0 Å². The van der Waals surface area contributed by atoms with Crippen LogP contribution in [0.25, 0.3) is 0 Å². The molecule has 21 heavy (non-hydrogen) atoms. The SMILES string of the molecule is Cc1ccc(Cn2c(C#N)cc(N)c2OC(C)(C)C)cc1. The average Bonchev–Trinajstić information content (AvgIpc) is 2.68. The van der Waals surface area contributed by atoms with Crippen LogP contribution in [0.1, 0.15) is 37.6 Å². The Kier molecular flexibility index (Phi) is 3.95. The van der Waals surface area contributed by atoms with E-state index in [0.29, 0.717) is 23.8 Å². The lowest BCUT2D eigenvalue weighted by molar-refractivity contribution is 0.119. The molecule has 0 saturated heterocycles. The fraction of sp³-hybridized carbons (Fsp3) is 0.353. The van der Waals surface area contributed by atoms with Gasteiger partial charge in [0.15, 0.2) is 0 Å². The van der Waals surface area contributed by atoms with E-state index in [2.05, 4.69) is 18.2 Å². The maximum Gasteiger partial charge on any atom is 0.219 e. The Morgan fingerprint density at radius 3 is 2.38 bits per heavy atom. The molecule has 2 rings (SSSR count). The zero-order chi connectivity index (χ0) is 15.6. The summed E-state index contributed by atoms with van der Waals surface area (Å²) in [6, 6.07) is 12.0. The highest BCUT2D eigenvalue weighted by atomic mass is 16.5. The number of aryl methyl sites for hydroxylation is 1. The molecule has 0 spiro atoms. The number of nitrogen functional groups attached to an aromatic ring is 1. The Balaban J connectivity index is 2.41. The van der Waals surface area contributed by atoms with Crippen molar-refractivity contribution in [3.8, 4) is 11.9 Å². The third-order valence-electron chi connectivity index (χ3n) is 3.05. The Morgan fingerprint density at radius 2 is 1.86 bits per heavy atom. The molecule has 0 aliphatic heterocycles. The predicted octanol–water partition coefficient (Wildman–Crippen LogP) is 3.48. The number of anilines is 1. The smallest absolute Gasteiger partial charge is 0.219 e. The second-order valence-corrected chi connectivity index (χ2v) is 6.19. The summed E-state index contributed by atoms with van der Waals surface area (Å²) in [5.41, 5.74) is 8.94. The Bertz CT molecular complexity index is 670. The number of benzene rings is 1. The first kappa shape index (κ1) is 15.0. The van der Waals surface area contributed by atoms with Crippen LogP contribution >= 0.6 is 0 Å². The van der Waals surface area contributed by atoms with Gasteiger partial charge in [-0.1, -0.05) is 29.8 Å². The number of ether oxygens (including phenoxy) is 1. The van der Waals surface area contributed by atoms with Crippen LogP contribution in [-0.2, 0) is 6.54 Å². The average molecular weight is 283 g/mol. The molecular formula is C17H21N3O. The number of nitrogens with two attached hydrogens (primary N) is 1. The van der Waals surface area contributed by atoms with Gasteiger partial charge in [0.25, 0.3) is 0 Å². The van der Waals surface area contributed by atoms with Crippen molar-refractivity contribution >= 4 is 5.69 Å². The van der Waals surface area contributed by atoms with Crippen molar-refractivity contribution < 1.29 is 4.74 Å². The van der Waals surface area contributed by atoms with Crippen molar-refractivity contribution in [3.63, 3.8) is 0 Å². The number of hydrogen-bond acceptors (Lipinski definition) is 3. The number of nitrogens with zero attached hydrogens (tertiary/aromatic N) is 2. The highest BCUT2D eigenvalue weighted by Crippen LogP contribution is 2.30. The van der Waals surface area contributed by atoms with E-state index in [1.165, 1.54) is 5.56 Å². The van der Waals surface area contributed by atoms with Gasteiger partial charge in [0, 0.05) is 6.07 Å². The third kappa shape index (κ3) is 3.57. The molecule has 2 aromatic rings. The normalized spacial score (nSPS) is 11.2. The summed E-state index contributed by atoms with van der Waals surface area (Å²) in [6.07, 6.45) is 0. The summed E-state index contributed by atoms with van der Waals surface area (Å²) in [7, 11) is 0. The first-order valence-electron chi connectivity index (χ1n) is 6.94. The number of nitriles is 1. The Morgan fingerprint density at radius 1 is 1.24 bits per heavy atom. The molecule has 0 unspecified atom stereocenters. The minimum Gasteiger partial charge on any atom is -0.472 e. The van der Waals surface area contributed by atoms with Crippen LogP contribution < -0.4 is 10.5 Å². The molecule has 0 aliphatic rings. The van der Waals surface area contributed by atoms with Crippen LogP contribution in [0, 0.1) is 18.3 Å². The van der Waals surface area contributed by atoms with Gasteiger partial charge in [-0.25, -0.2) is 0 Å². The van der Waals surface area contributed by atoms with Crippen molar-refractivity contribution in [2.75, 3.05) is 5.73 Å². The third-order valence-corrected chi connectivity index (χ3v) is 3.05. The summed E-state index contributed by atoms with van der Waals surface area (Å²) < 4.78 is 7.75. The zero-order valence-electron chi connectivity index (χ0n) is 13.0. The van der Waals surface area contributed by atoms with Crippen LogP contribution in [0.3, 0.4) is 0 Å². The van der Waals surface area contributed by atoms with Gasteiger partial charge in [-0.2, -0.15) is 5.26 Å². The van der Waals surface area contributed by atoms with Gasteiger partial charge in [0.2, 0.25) is 5.88 Å². The molecule has 0 aliphatic carbocycles. The summed E-state index contributed by atoms with van der Waals surface area (Å²) >= 11 is 0. The molecular weight excluding hydrogens is 262 g/mol. The summed E-state index contributed by atoms with van der Waals surface area (Å²) in [4.78, 5) is 0. The van der Waals surface area contributed by atoms with E-state index in [-0.39, 0.29) is 5.60 Å². The van der Waals surface area contributed by atoms with E-state index in [0.717, 1.165) is 5.56 Å². The lowest BCUT2D eigenvalue weighted by Crippen LogP contribution is -2.25. The second-order valence-electron chi connectivity index (χ2n) is 6.19. The molecule has 1 aromatic carbocycles. The summed E-state index contributed by atoms with van der Waals surface area (Å²) in [5, 5.41) is 9.29. The first-order chi connectivity index (χ1) is 9.80. The Hall–Kier alpha value is -2.41. The van der Waals surface area contributed by atoms with Gasteiger partial charge in [-0.15, -0.1) is 0 Å². The predicted molar refractivity (Wildman–Crippen MR) is 84.2 cm³/mol. The molecule has 4 heteroatoms. The minimum absolute atomic E-state index is 0.371. The highest BCUT2D eigenvalue weighted by molar-refractivity contribution is 5.55. The van der Waals surface area contributed by atoms with Gasteiger partial charge in [0.1, 0.15) is 17.4 Å².